The minimum atomic E-state index is -5.67. The fourth-order valence-electron chi connectivity index (χ4n) is 5.78. The van der Waals surface area contributed by atoms with Gasteiger partial charge in [-0.2, -0.15) is 4.98 Å². The molecule has 56 heavy (non-hydrogen) atoms. The lowest BCUT2D eigenvalue weighted by Crippen LogP contribution is -2.68. The number of aryl methyl sites for hydroxylation is 1. The number of nitrogens with two attached hydrogens (primary N) is 1. The molecule has 27 heteroatoms. The van der Waals surface area contributed by atoms with Crippen molar-refractivity contribution in [3.05, 3.63) is 58.8 Å². The van der Waals surface area contributed by atoms with E-state index in [1.165, 1.54) is 18.2 Å². The predicted molar refractivity (Wildman–Crippen MR) is 179 cm³/mol. The van der Waals surface area contributed by atoms with Gasteiger partial charge in [-0.1, -0.05) is 22.9 Å². The van der Waals surface area contributed by atoms with Gasteiger partial charge in [0.15, 0.2) is 6.23 Å². The lowest BCUT2D eigenvalue weighted by molar-refractivity contribution is -0.289. The summed E-state index contributed by atoms with van der Waals surface area (Å²) in [5, 5.41) is 81.5. The van der Waals surface area contributed by atoms with E-state index in [0.29, 0.717) is 0 Å². The number of aliphatic hydroxyl groups is 6. The topological polar surface area (TPSA) is 388 Å². The van der Waals surface area contributed by atoms with Crippen molar-refractivity contribution in [1.82, 2.24) is 29.9 Å². The number of hydrogen-bond acceptors (Lipinski definition) is 20. The Bertz CT molecular complexity index is 2120. The van der Waals surface area contributed by atoms with Crippen molar-refractivity contribution in [2.45, 2.75) is 90.6 Å². The van der Waals surface area contributed by atoms with Crippen molar-refractivity contribution < 1.29 is 81.7 Å². The number of hydrogen-bond donors (Lipinski definition) is 10. The van der Waals surface area contributed by atoms with E-state index in [2.05, 4.69) is 20.6 Å². The standard InChI is InChI=1S/C29H38N7O18PS/c1-13-2-4-14(5-3-13)56(49,50)20-10-35(34-33-20)9-19(40)32-21-15(38)8-29(27(44)45,53-25(21)22(41)16(39)11-37)54-55(47,48)51-12-17-23(42)24(43)26(52-17)36-7-6-18(30)31-28(36)46/h2-7,10,15-17,21-26,37-39,41-43H,8-9,11-12H2,1H3,(H,32,40)(H,44,45)(H,47,48)(H2,30,31,46)/t15-,16+,17+,21+,22+,23+,24+,25+,26+,29+/m0/s1. The SMILES string of the molecule is Cc1ccc(S(=O)(=O)c2cn(CC(=O)N[C@H]3[C@H]([C@H](O)[C@H](O)CO)O[C@](OP(=O)(O)OC[C@H]4O[C@@H](n5ccc(N)nc5=O)[C@H](O)[C@@H]4O)(C(=O)O)C[C@@H]3O)nn2)cc1. The van der Waals surface area contributed by atoms with Crippen LogP contribution in [0.4, 0.5) is 5.82 Å². The van der Waals surface area contributed by atoms with E-state index in [1.807, 2.05) is 0 Å². The van der Waals surface area contributed by atoms with Gasteiger partial charge in [0.25, 0.3) is 5.79 Å². The molecule has 25 nitrogen and oxygen atoms in total. The van der Waals surface area contributed by atoms with Gasteiger partial charge in [0, 0.05) is 12.6 Å². The molecule has 0 spiro atoms. The van der Waals surface area contributed by atoms with Crippen molar-refractivity contribution in [2.24, 2.45) is 0 Å². The monoisotopic (exact) mass is 835 g/mol. The van der Waals surface area contributed by atoms with Crippen LogP contribution >= 0.6 is 7.82 Å². The summed E-state index contributed by atoms with van der Waals surface area (Å²) >= 11 is 0. The first-order chi connectivity index (χ1) is 26.2. The van der Waals surface area contributed by atoms with Crippen molar-refractivity contribution in [2.75, 3.05) is 18.9 Å². The van der Waals surface area contributed by atoms with E-state index in [-0.39, 0.29) is 10.7 Å². The van der Waals surface area contributed by atoms with Crippen molar-refractivity contribution in [3.63, 3.8) is 0 Å². The number of nitrogens with one attached hydrogen (secondary N) is 1. The normalized spacial score (nSPS) is 29.0. The van der Waals surface area contributed by atoms with E-state index >= 15 is 0 Å². The maximum absolute atomic E-state index is 13.1. The number of sulfone groups is 1. The van der Waals surface area contributed by atoms with Crippen LogP contribution in [0.1, 0.15) is 18.2 Å². The summed E-state index contributed by atoms with van der Waals surface area (Å²) in [5.74, 6) is -6.76. The summed E-state index contributed by atoms with van der Waals surface area (Å²) in [5.41, 5.74) is 5.26. The molecule has 0 radical (unpaired) electrons. The highest BCUT2D eigenvalue weighted by Gasteiger charge is 2.59. The van der Waals surface area contributed by atoms with Gasteiger partial charge in [-0.3, -0.25) is 13.9 Å². The number of phosphoric acid groups is 1. The predicted octanol–water partition coefficient (Wildman–Crippen LogP) is -4.86. The Morgan fingerprint density at radius 3 is 2.46 bits per heavy atom. The number of aliphatic hydroxyl groups excluding tert-OH is 6. The highest BCUT2D eigenvalue weighted by atomic mass is 32.2. The molecule has 0 bridgehead atoms. The minimum Gasteiger partial charge on any atom is -0.477 e. The van der Waals surface area contributed by atoms with E-state index < -0.39 is 127 Å². The molecule has 1 amide bonds. The zero-order valence-corrected chi connectivity index (χ0v) is 30.6. The third-order valence-electron chi connectivity index (χ3n) is 8.70. The van der Waals surface area contributed by atoms with Gasteiger partial charge >= 0.3 is 19.5 Å². The maximum Gasteiger partial charge on any atom is 0.475 e. The Labute approximate surface area is 315 Å². The number of ether oxygens (including phenoxy) is 2. The molecular weight excluding hydrogens is 797 g/mol. The molecule has 11 atom stereocenters. The summed E-state index contributed by atoms with van der Waals surface area (Å²) in [6.07, 6.45) is -14.9. The molecule has 11 N–H and O–H groups in total. The van der Waals surface area contributed by atoms with Crippen molar-refractivity contribution in [3.8, 4) is 0 Å². The van der Waals surface area contributed by atoms with E-state index in [0.717, 1.165) is 27.2 Å². The largest absolute Gasteiger partial charge is 0.477 e. The van der Waals surface area contributed by atoms with E-state index in [1.54, 1.807) is 19.1 Å². The molecule has 4 heterocycles. The second-order valence-corrected chi connectivity index (χ2v) is 16.0. The number of phosphoric ester groups is 1. The number of aliphatic carboxylic acids is 1. The lowest BCUT2D eigenvalue weighted by Gasteiger charge is -2.46. The van der Waals surface area contributed by atoms with Crippen molar-refractivity contribution in [1.29, 1.82) is 0 Å². The number of nitrogens with zero attached hydrogens (tertiary/aromatic N) is 5. The molecule has 2 aliphatic rings. The average molecular weight is 836 g/mol. The first-order valence-electron chi connectivity index (χ1n) is 16.3. The van der Waals surface area contributed by atoms with Crippen LogP contribution in [-0.4, -0.2) is 153 Å². The molecule has 1 unspecified atom stereocenters. The molecule has 5 rings (SSSR count). The Balaban J connectivity index is 1.29. The number of benzene rings is 1. The molecule has 3 aromatic rings. The maximum atomic E-state index is 13.1. The van der Waals surface area contributed by atoms with Crippen LogP contribution in [0.2, 0.25) is 0 Å². The number of carbonyl (C=O) groups is 2. The van der Waals surface area contributed by atoms with Crippen molar-refractivity contribution >= 4 is 35.4 Å². The van der Waals surface area contributed by atoms with Gasteiger partial charge in [0.05, 0.1) is 36.5 Å². The van der Waals surface area contributed by atoms with Crippen LogP contribution in [0, 0.1) is 6.92 Å². The van der Waals surface area contributed by atoms with Gasteiger partial charge in [0.1, 0.15) is 49.0 Å². The highest BCUT2D eigenvalue weighted by molar-refractivity contribution is 7.91. The van der Waals surface area contributed by atoms with Gasteiger partial charge in [-0.05, 0) is 25.1 Å². The second kappa shape index (κ2) is 16.7. The fourth-order valence-corrected chi connectivity index (χ4v) is 7.88. The zero-order valence-electron chi connectivity index (χ0n) is 28.9. The van der Waals surface area contributed by atoms with Crippen LogP contribution in [0.3, 0.4) is 0 Å². The van der Waals surface area contributed by atoms with Gasteiger partial charge in [-0.15, -0.1) is 5.10 Å². The molecule has 2 saturated heterocycles. The fraction of sp³-hybridized carbons (Fsp3) is 0.517. The number of amides is 1. The molecular formula is C29H38N7O18PS. The molecule has 0 aliphatic carbocycles. The summed E-state index contributed by atoms with van der Waals surface area (Å²) in [7, 11) is -9.82. The van der Waals surface area contributed by atoms with Crippen LogP contribution in [0.15, 0.2) is 57.4 Å². The number of nitrogen functional groups attached to an aromatic ring is 1. The molecule has 0 saturated carbocycles. The third-order valence-corrected chi connectivity index (χ3v) is 11.3. The molecule has 2 fully saturated rings. The smallest absolute Gasteiger partial charge is 0.475 e. The first kappa shape index (κ1) is 42.9. The van der Waals surface area contributed by atoms with Gasteiger partial charge in [0.2, 0.25) is 20.8 Å². The number of carboxylic acids is 1. The molecule has 308 valence electrons. The summed E-state index contributed by atoms with van der Waals surface area (Å²) < 4.78 is 61.1. The first-order valence-corrected chi connectivity index (χ1v) is 19.3. The quantitative estimate of drug-likeness (QED) is 0.0642. The zero-order chi connectivity index (χ0) is 41.3. The Morgan fingerprint density at radius 1 is 1.16 bits per heavy atom. The number of carbonyl (C=O) groups excluding carboxylic acids is 1. The summed E-state index contributed by atoms with van der Waals surface area (Å²) in [4.78, 5) is 51.8. The van der Waals surface area contributed by atoms with Gasteiger partial charge < -0.3 is 61.2 Å². The highest BCUT2D eigenvalue weighted by Crippen LogP contribution is 2.51. The number of aromatic nitrogens is 5. The minimum absolute atomic E-state index is 0.106. The molecule has 2 aliphatic heterocycles. The second-order valence-electron chi connectivity index (χ2n) is 12.8. The van der Waals surface area contributed by atoms with Gasteiger partial charge in [-0.25, -0.2) is 31.8 Å². The summed E-state index contributed by atoms with van der Waals surface area (Å²) in [6.45, 7) is -1.26. The number of rotatable bonds is 15. The summed E-state index contributed by atoms with van der Waals surface area (Å²) in [6, 6.07) is 5.15. The average Bonchev–Trinajstić information content (AvgIpc) is 3.71. The Morgan fingerprint density at radius 2 is 1.84 bits per heavy atom. The lowest BCUT2D eigenvalue weighted by atomic mass is 9.88. The van der Waals surface area contributed by atoms with Crippen LogP contribution < -0.4 is 16.7 Å². The van der Waals surface area contributed by atoms with E-state index in [9.17, 15) is 68.0 Å². The number of anilines is 1. The number of carboxylic acid groups (broad SMARTS) is 1. The van der Waals surface area contributed by atoms with Crippen LogP contribution in [0.5, 0.6) is 0 Å². The van der Waals surface area contributed by atoms with E-state index in [4.69, 9.17) is 24.3 Å². The Hall–Kier alpha value is -4.28. The van der Waals surface area contributed by atoms with Crippen LogP contribution in [-0.2, 0) is 49.1 Å². The molecule has 2 aromatic heterocycles. The Kier molecular flexibility index (Phi) is 12.8. The third kappa shape index (κ3) is 9.13. The van der Waals surface area contributed by atoms with Crippen LogP contribution in [0.25, 0.3) is 0 Å². The molecule has 1 aromatic carbocycles.